The Balaban J connectivity index is 2.36. The summed E-state index contributed by atoms with van der Waals surface area (Å²) in [6.07, 6.45) is 1.61. The van der Waals surface area contributed by atoms with Gasteiger partial charge in [-0.3, -0.25) is 0 Å². The van der Waals surface area contributed by atoms with E-state index in [0.29, 0.717) is 27.2 Å². The molecule has 0 aliphatic heterocycles. The van der Waals surface area contributed by atoms with Gasteiger partial charge in [-0.2, -0.15) is 0 Å². The number of nitrogens with zero attached hydrogens (tertiary/aromatic N) is 2. The molecule has 1 heterocycles. The Morgan fingerprint density at radius 3 is 2.60 bits per heavy atom. The van der Waals surface area contributed by atoms with Crippen molar-refractivity contribution in [2.75, 3.05) is 0 Å². The summed E-state index contributed by atoms with van der Waals surface area (Å²) < 4.78 is 5.72. The van der Waals surface area contributed by atoms with Crippen molar-refractivity contribution in [3.63, 3.8) is 0 Å². The minimum Gasteiger partial charge on any atom is -0.452 e. The summed E-state index contributed by atoms with van der Waals surface area (Å²) in [5.41, 5.74) is 0.626. The van der Waals surface area contributed by atoms with E-state index in [1.54, 1.807) is 24.4 Å². The second-order valence-corrected chi connectivity index (χ2v) is 5.53. The lowest BCUT2D eigenvalue weighted by atomic mass is 10.2. The molecule has 0 aliphatic carbocycles. The first kappa shape index (κ1) is 15.4. The van der Waals surface area contributed by atoms with Crippen LogP contribution in [0.5, 0.6) is 11.5 Å². The molecular formula is C14H13Cl3N2O. The van der Waals surface area contributed by atoms with E-state index in [0.717, 1.165) is 5.82 Å². The average Bonchev–Trinajstić information content (AvgIpc) is 2.44. The molecule has 0 saturated carbocycles. The zero-order chi connectivity index (χ0) is 14.7. The summed E-state index contributed by atoms with van der Waals surface area (Å²) in [4.78, 5) is 8.66. The van der Waals surface area contributed by atoms with Crippen LogP contribution in [0.1, 0.15) is 31.3 Å². The van der Waals surface area contributed by atoms with Gasteiger partial charge in [-0.1, -0.05) is 43.1 Å². The molecule has 0 fully saturated rings. The monoisotopic (exact) mass is 330 g/mol. The third-order valence-corrected chi connectivity index (χ3v) is 3.68. The van der Waals surface area contributed by atoms with Crippen molar-refractivity contribution in [2.24, 2.45) is 0 Å². The number of halogens is 3. The topological polar surface area (TPSA) is 35.0 Å². The molecule has 0 spiro atoms. The van der Waals surface area contributed by atoms with E-state index in [-0.39, 0.29) is 11.8 Å². The van der Waals surface area contributed by atoms with E-state index >= 15 is 0 Å². The fraction of sp³-hybridized carbons (Fsp3) is 0.286. The standard InChI is InChI=1S/C14H13Cl3N2O/c1-8(2)14-18-7-12(10(6-15)19-14)20-11-5-3-4-9(16)13(11)17/h3-5,7-8H,6H2,1-2H3. The summed E-state index contributed by atoms with van der Waals surface area (Å²) in [7, 11) is 0. The Morgan fingerprint density at radius 1 is 1.20 bits per heavy atom. The predicted octanol–water partition coefficient (Wildman–Crippen LogP) is 5.44. The Kier molecular flexibility index (Phi) is 5.08. The summed E-state index contributed by atoms with van der Waals surface area (Å²) in [5.74, 6) is 2.11. The van der Waals surface area contributed by atoms with Crippen LogP contribution in [0.4, 0.5) is 0 Å². The van der Waals surface area contributed by atoms with Crippen LogP contribution in [0.2, 0.25) is 10.0 Å². The fourth-order valence-corrected chi connectivity index (χ4v) is 2.08. The summed E-state index contributed by atoms with van der Waals surface area (Å²) in [5, 5.41) is 0.777. The molecule has 20 heavy (non-hydrogen) atoms. The number of hydrogen-bond donors (Lipinski definition) is 0. The second kappa shape index (κ2) is 6.61. The van der Waals surface area contributed by atoms with E-state index in [9.17, 15) is 0 Å². The van der Waals surface area contributed by atoms with Crippen LogP contribution in [0.15, 0.2) is 24.4 Å². The summed E-state index contributed by atoms with van der Waals surface area (Å²) >= 11 is 18.0. The van der Waals surface area contributed by atoms with E-state index in [1.165, 1.54) is 0 Å². The van der Waals surface area contributed by atoms with Gasteiger partial charge in [0, 0.05) is 5.92 Å². The third kappa shape index (κ3) is 3.35. The number of hydrogen-bond acceptors (Lipinski definition) is 3. The lowest BCUT2D eigenvalue weighted by Crippen LogP contribution is -2.02. The van der Waals surface area contributed by atoms with E-state index in [1.807, 2.05) is 13.8 Å². The molecule has 6 heteroatoms. The first-order chi connectivity index (χ1) is 9.52. The van der Waals surface area contributed by atoms with Crippen LogP contribution in [0, 0.1) is 0 Å². The molecular weight excluding hydrogens is 319 g/mol. The molecule has 0 unspecified atom stereocenters. The van der Waals surface area contributed by atoms with Gasteiger partial charge < -0.3 is 4.74 Å². The van der Waals surface area contributed by atoms with Gasteiger partial charge in [-0.15, -0.1) is 11.6 Å². The van der Waals surface area contributed by atoms with Crippen LogP contribution in [0.25, 0.3) is 0 Å². The fourth-order valence-electron chi connectivity index (χ4n) is 1.56. The first-order valence-corrected chi connectivity index (χ1v) is 7.35. The Bertz CT molecular complexity index is 617. The zero-order valence-corrected chi connectivity index (χ0v) is 13.3. The summed E-state index contributed by atoms with van der Waals surface area (Å²) in [6.45, 7) is 4.03. The van der Waals surface area contributed by atoms with Crippen molar-refractivity contribution < 1.29 is 4.74 Å². The molecule has 1 aromatic carbocycles. The first-order valence-electron chi connectivity index (χ1n) is 6.06. The van der Waals surface area contributed by atoms with Crippen LogP contribution in [0.3, 0.4) is 0 Å². The van der Waals surface area contributed by atoms with Gasteiger partial charge >= 0.3 is 0 Å². The lowest BCUT2D eigenvalue weighted by Gasteiger charge is -2.12. The van der Waals surface area contributed by atoms with Crippen LogP contribution in [-0.4, -0.2) is 9.97 Å². The maximum atomic E-state index is 6.09. The highest BCUT2D eigenvalue weighted by Gasteiger charge is 2.13. The number of benzene rings is 1. The molecule has 0 saturated heterocycles. The van der Waals surface area contributed by atoms with Gasteiger partial charge in [0.15, 0.2) is 5.75 Å². The predicted molar refractivity (Wildman–Crippen MR) is 82.2 cm³/mol. The quantitative estimate of drug-likeness (QED) is 0.700. The largest absolute Gasteiger partial charge is 0.452 e. The molecule has 106 valence electrons. The molecule has 3 nitrogen and oxygen atoms in total. The van der Waals surface area contributed by atoms with Gasteiger partial charge in [-0.25, -0.2) is 9.97 Å². The smallest absolute Gasteiger partial charge is 0.168 e. The highest BCUT2D eigenvalue weighted by atomic mass is 35.5. The molecule has 0 aliphatic rings. The molecule has 0 radical (unpaired) electrons. The third-order valence-electron chi connectivity index (χ3n) is 2.63. The van der Waals surface area contributed by atoms with E-state index in [2.05, 4.69) is 9.97 Å². The number of alkyl halides is 1. The van der Waals surface area contributed by atoms with Gasteiger partial charge in [0.2, 0.25) is 0 Å². The Labute approximate surface area is 132 Å². The molecule has 1 aromatic heterocycles. The zero-order valence-electron chi connectivity index (χ0n) is 11.0. The normalized spacial score (nSPS) is 10.9. The average molecular weight is 332 g/mol. The van der Waals surface area contributed by atoms with Crippen LogP contribution >= 0.6 is 34.8 Å². The minimum atomic E-state index is 0.223. The Hall–Kier alpha value is -1.03. The SMILES string of the molecule is CC(C)c1ncc(Oc2cccc(Cl)c2Cl)c(CCl)n1. The molecule has 2 rings (SSSR count). The summed E-state index contributed by atoms with van der Waals surface area (Å²) in [6, 6.07) is 5.17. The van der Waals surface area contributed by atoms with Crippen molar-refractivity contribution in [2.45, 2.75) is 25.6 Å². The van der Waals surface area contributed by atoms with Crippen molar-refractivity contribution in [1.29, 1.82) is 0 Å². The molecule has 0 bridgehead atoms. The molecule has 0 amide bonds. The van der Waals surface area contributed by atoms with Gasteiger partial charge in [0.1, 0.15) is 22.3 Å². The maximum absolute atomic E-state index is 6.09. The molecule has 0 N–H and O–H groups in total. The van der Waals surface area contributed by atoms with Crippen LogP contribution in [-0.2, 0) is 5.88 Å². The van der Waals surface area contributed by atoms with Crippen molar-refractivity contribution in [3.05, 3.63) is 46.0 Å². The Morgan fingerprint density at radius 2 is 1.95 bits per heavy atom. The van der Waals surface area contributed by atoms with Crippen molar-refractivity contribution in [1.82, 2.24) is 9.97 Å². The number of rotatable bonds is 4. The highest BCUT2D eigenvalue weighted by molar-refractivity contribution is 6.42. The minimum absolute atomic E-state index is 0.223. The molecule has 0 atom stereocenters. The van der Waals surface area contributed by atoms with Gasteiger partial charge in [0.05, 0.1) is 17.1 Å². The lowest BCUT2D eigenvalue weighted by molar-refractivity contribution is 0.470. The van der Waals surface area contributed by atoms with Crippen molar-refractivity contribution in [3.8, 4) is 11.5 Å². The molecule has 2 aromatic rings. The van der Waals surface area contributed by atoms with Gasteiger partial charge in [-0.05, 0) is 12.1 Å². The highest BCUT2D eigenvalue weighted by Crippen LogP contribution is 2.35. The number of ether oxygens (including phenoxy) is 1. The van der Waals surface area contributed by atoms with Crippen molar-refractivity contribution >= 4 is 34.8 Å². The van der Waals surface area contributed by atoms with E-state index in [4.69, 9.17) is 39.5 Å². The maximum Gasteiger partial charge on any atom is 0.168 e. The second-order valence-electron chi connectivity index (χ2n) is 4.48. The van der Waals surface area contributed by atoms with Crippen LogP contribution < -0.4 is 4.74 Å². The number of aromatic nitrogens is 2. The van der Waals surface area contributed by atoms with Gasteiger partial charge in [0.25, 0.3) is 0 Å². The van der Waals surface area contributed by atoms with E-state index < -0.39 is 0 Å².